The fourth-order valence-electron chi connectivity index (χ4n) is 4.28. The van der Waals surface area contributed by atoms with Crippen molar-refractivity contribution in [1.29, 1.82) is 0 Å². The average Bonchev–Trinajstić information content (AvgIpc) is 3.28. The first kappa shape index (κ1) is 22.2. The predicted molar refractivity (Wildman–Crippen MR) is 126 cm³/mol. The Hall–Kier alpha value is -3.57. The lowest BCUT2D eigenvalue weighted by Gasteiger charge is -2.31. The Morgan fingerprint density at radius 1 is 1.12 bits per heavy atom. The molecule has 5 rings (SSSR count). The van der Waals surface area contributed by atoms with Crippen molar-refractivity contribution in [3.05, 3.63) is 68.6 Å². The summed E-state index contributed by atoms with van der Waals surface area (Å²) in [6.07, 6.45) is 0. The van der Waals surface area contributed by atoms with Gasteiger partial charge in [0.25, 0.3) is 0 Å². The van der Waals surface area contributed by atoms with Gasteiger partial charge in [0.2, 0.25) is 17.7 Å². The van der Waals surface area contributed by atoms with Crippen LogP contribution in [0.3, 0.4) is 0 Å². The Balaban J connectivity index is 1.51. The SMILES string of the molecule is COc1ccc(NC(=O)Cn2c3c(sc2=O)[C@@H](c2ccccc2O)C2C(=O)NC(=O)C2S3)cc1. The smallest absolute Gasteiger partial charge is 0.308 e. The van der Waals surface area contributed by atoms with Crippen molar-refractivity contribution in [2.75, 3.05) is 12.4 Å². The topological polar surface area (TPSA) is 127 Å². The minimum Gasteiger partial charge on any atom is -0.508 e. The molecule has 34 heavy (non-hydrogen) atoms. The lowest BCUT2D eigenvalue weighted by molar-refractivity contribution is -0.126. The molecule has 1 aromatic heterocycles. The molecule has 174 valence electrons. The van der Waals surface area contributed by atoms with Crippen LogP contribution in [0.25, 0.3) is 0 Å². The maximum atomic E-state index is 12.9. The zero-order valence-electron chi connectivity index (χ0n) is 17.8. The monoisotopic (exact) mass is 497 g/mol. The van der Waals surface area contributed by atoms with Crippen LogP contribution in [0.1, 0.15) is 16.4 Å². The van der Waals surface area contributed by atoms with Crippen LogP contribution >= 0.6 is 23.1 Å². The highest BCUT2D eigenvalue weighted by Gasteiger charge is 2.53. The number of aromatic hydroxyl groups is 1. The molecule has 2 aromatic carbocycles. The zero-order valence-corrected chi connectivity index (χ0v) is 19.4. The highest BCUT2D eigenvalue weighted by molar-refractivity contribution is 8.00. The summed E-state index contributed by atoms with van der Waals surface area (Å²) < 4.78 is 6.43. The minimum atomic E-state index is -0.769. The summed E-state index contributed by atoms with van der Waals surface area (Å²) in [6, 6.07) is 13.3. The molecule has 0 radical (unpaired) electrons. The van der Waals surface area contributed by atoms with E-state index in [0.717, 1.165) is 23.1 Å². The summed E-state index contributed by atoms with van der Waals surface area (Å²) in [4.78, 5) is 51.1. The summed E-state index contributed by atoms with van der Waals surface area (Å²) in [6.45, 7) is -0.260. The number of hydrogen-bond donors (Lipinski definition) is 3. The van der Waals surface area contributed by atoms with Crippen molar-refractivity contribution in [3.63, 3.8) is 0 Å². The number of phenols is 1. The summed E-state index contributed by atoms with van der Waals surface area (Å²) in [5.41, 5.74) is 1.00. The van der Waals surface area contributed by atoms with Crippen molar-refractivity contribution < 1.29 is 24.2 Å². The van der Waals surface area contributed by atoms with Gasteiger partial charge in [0.05, 0.1) is 18.1 Å². The molecule has 3 amide bonds. The lowest BCUT2D eigenvalue weighted by atomic mass is 9.82. The number of ether oxygens (including phenoxy) is 1. The van der Waals surface area contributed by atoms with Crippen molar-refractivity contribution in [2.24, 2.45) is 5.92 Å². The fourth-order valence-corrected chi connectivity index (χ4v) is 7.01. The van der Waals surface area contributed by atoms with Crippen LogP contribution in [0.5, 0.6) is 11.5 Å². The first-order valence-corrected chi connectivity index (χ1v) is 12.0. The van der Waals surface area contributed by atoms with Gasteiger partial charge in [-0.15, -0.1) is 0 Å². The van der Waals surface area contributed by atoms with Crippen LogP contribution in [0.15, 0.2) is 58.4 Å². The number of thiazole rings is 1. The Morgan fingerprint density at radius 3 is 2.56 bits per heavy atom. The van der Waals surface area contributed by atoms with Gasteiger partial charge in [0.15, 0.2) is 0 Å². The van der Waals surface area contributed by atoms with E-state index >= 15 is 0 Å². The van der Waals surface area contributed by atoms with E-state index in [9.17, 15) is 24.3 Å². The largest absolute Gasteiger partial charge is 0.508 e. The van der Waals surface area contributed by atoms with Crippen LogP contribution in [0.4, 0.5) is 5.69 Å². The zero-order chi connectivity index (χ0) is 24.0. The molecular formula is C23H19N3O6S2. The Labute approximate surface area is 201 Å². The number of nitrogens with zero attached hydrogens (tertiary/aromatic N) is 1. The average molecular weight is 498 g/mol. The van der Waals surface area contributed by atoms with E-state index in [1.54, 1.807) is 49.6 Å². The number of amides is 3. The molecule has 3 atom stereocenters. The van der Waals surface area contributed by atoms with Crippen molar-refractivity contribution in [1.82, 2.24) is 9.88 Å². The van der Waals surface area contributed by atoms with Gasteiger partial charge in [-0.05, 0) is 30.3 Å². The second kappa shape index (κ2) is 8.65. The van der Waals surface area contributed by atoms with Gasteiger partial charge in [-0.2, -0.15) is 0 Å². The van der Waals surface area contributed by atoms with Crippen molar-refractivity contribution in [3.8, 4) is 11.5 Å². The summed E-state index contributed by atoms with van der Waals surface area (Å²) in [7, 11) is 1.54. The van der Waals surface area contributed by atoms with Crippen LogP contribution in [-0.4, -0.2) is 39.8 Å². The predicted octanol–water partition coefficient (Wildman–Crippen LogP) is 2.14. The quantitative estimate of drug-likeness (QED) is 0.461. The summed E-state index contributed by atoms with van der Waals surface area (Å²) >= 11 is 2.03. The summed E-state index contributed by atoms with van der Waals surface area (Å²) in [5.74, 6) is -2.13. The number of thioether (sulfide) groups is 1. The van der Waals surface area contributed by atoms with Gasteiger partial charge in [-0.1, -0.05) is 41.3 Å². The third-order valence-corrected chi connectivity index (χ3v) is 8.45. The molecule has 2 unspecified atom stereocenters. The third kappa shape index (κ3) is 3.76. The molecule has 9 nitrogen and oxygen atoms in total. The van der Waals surface area contributed by atoms with Crippen LogP contribution < -0.4 is 20.2 Å². The highest BCUT2D eigenvalue weighted by atomic mass is 32.2. The van der Waals surface area contributed by atoms with E-state index in [0.29, 0.717) is 26.9 Å². The number of imide groups is 1. The first-order valence-electron chi connectivity index (χ1n) is 10.3. The number of benzene rings is 2. The molecular weight excluding hydrogens is 478 g/mol. The standard InChI is InChI=1S/C23H19N3O6S2/c1-32-12-8-6-11(7-9-12)24-15(28)10-26-22-19(34-23(26)31)16(13-4-2-3-5-14(13)27)17-18(33-22)21(30)25-20(17)29/h2-9,16-18,27H,10H2,1H3,(H,24,28)(H,25,29,30)/t16-,17?,18?/m0/s1. The second-order valence-corrected chi connectivity index (χ2v) is 9.98. The number of aromatic nitrogens is 1. The highest BCUT2D eigenvalue weighted by Crippen LogP contribution is 2.52. The molecule has 0 spiro atoms. The van der Waals surface area contributed by atoms with Crippen LogP contribution in [0.2, 0.25) is 0 Å². The molecule has 3 N–H and O–H groups in total. The first-order chi connectivity index (χ1) is 16.4. The van der Waals surface area contributed by atoms with Crippen molar-refractivity contribution in [2.45, 2.75) is 22.7 Å². The molecule has 0 bridgehead atoms. The number of carbonyl (C=O) groups is 3. The maximum absolute atomic E-state index is 12.9. The third-order valence-electron chi connectivity index (χ3n) is 5.83. The van der Waals surface area contributed by atoms with E-state index in [1.807, 2.05) is 0 Å². The second-order valence-electron chi connectivity index (χ2n) is 7.85. The van der Waals surface area contributed by atoms with Gasteiger partial charge in [0.1, 0.15) is 23.3 Å². The molecule has 11 heteroatoms. The Bertz CT molecular complexity index is 1360. The number of carbonyl (C=O) groups excluding carboxylic acids is 3. The maximum Gasteiger partial charge on any atom is 0.308 e. The molecule has 0 saturated carbocycles. The molecule has 3 aromatic rings. The van der Waals surface area contributed by atoms with E-state index in [2.05, 4.69) is 10.6 Å². The van der Waals surface area contributed by atoms with E-state index in [-0.39, 0.29) is 17.2 Å². The van der Waals surface area contributed by atoms with Gasteiger partial charge in [-0.25, -0.2) is 0 Å². The number of hydrogen-bond acceptors (Lipinski definition) is 8. The fraction of sp³-hybridized carbons (Fsp3) is 0.217. The van der Waals surface area contributed by atoms with Crippen molar-refractivity contribution >= 4 is 46.5 Å². The lowest BCUT2D eigenvalue weighted by Crippen LogP contribution is -2.32. The Morgan fingerprint density at radius 2 is 1.85 bits per heavy atom. The van der Waals surface area contributed by atoms with Crippen LogP contribution in [0, 0.1) is 5.92 Å². The summed E-state index contributed by atoms with van der Waals surface area (Å²) in [5, 5.41) is 15.3. The number of anilines is 1. The molecule has 3 heterocycles. The van der Waals surface area contributed by atoms with E-state index in [4.69, 9.17) is 4.74 Å². The number of fused-ring (bicyclic) bond motifs is 2. The molecule has 2 aliphatic rings. The van der Waals surface area contributed by atoms with E-state index in [1.165, 1.54) is 10.6 Å². The number of rotatable bonds is 5. The molecule has 2 aliphatic heterocycles. The minimum absolute atomic E-state index is 0.0269. The number of methoxy groups -OCH3 is 1. The number of phenolic OH excluding ortho intramolecular Hbond substituents is 1. The van der Waals surface area contributed by atoms with Gasteiger partial charge < -0.3 is 15.2 Å². The number of nitrogens with one attached hydrogen (secondary N) is 2. The van der Waals surface area contributed by atoms with Crippen LogP contribution in [-0.2, 0) is 20.9 Å². The van der Waals surface area contributed by atoms with Gasteiger partial charge in [0, 0.05) is 22.0 Å². The number of para-hydroxylation sites is 1. The normalized spacial score (nSPS) is 20.9. The molecule has 0 aliphatic carbocycles. The molecule has 1 fully saturated rings. The van der Waals surface area contributed by atoms with Gasteiger partial charge in [-0.3, -0.25) is 29.1 Å². The molecule has 1 saturated heterocycles. The van der Waals surface area contributed by atoms with E-state index < -0.39 is 34.8 Å². The Kier molecular flexibility index (Phi) is 5.66. The van der Waals surface area contributed by atoms with Gasteiger partial charge >= 0.3 is 4.87 Å².